The van der Waals surface area contributed by atoms with Crippen LogP contribution in [0, 0.1) is 11.8 Å². The van der Waals surface area contributed by atoms with Gasteiger partial charge < -0.3 is 20.9 Å². The number of aliphatic hydroxyl groups is 1. The Morgan fingerprint density at radius 2 is 2.00 bits per heavy atom. The number of ether oxygens (including phenoxy) is 1. The second kappa shape index (κ2) is 11.0. The zero-order valence-corrected chi connectivity index (χ0v) is 15.4. The van der Waals surface area contributed by atoms with Crippen molar-refractivity contribution in [3.63, 3.8) is 0 Å². The number of amides is 2. The first-order valence-corrected chi connectivity index (χ1v) is 8.30. The quantitative estimate of drug-likeness (QED) is 0.253. The highest BCUT2D eigenvalue weighted by Crippen LogP contribution is 2.13. The number of hydrogen-bond acceptors (Lipinski definition) is 6. The summed E-state index contributed by atoms with van der Waals surface area (Å²) < 4.78 is 5.49. The van der Waals surface area contributed by atoms with Gasteiger partial charge in [0.1, 0.15) is 18.4 Å². The van der Waals surface area contributed by atoms with Crippen molar-refractivity contribution in [1.29, 1.82) is 0 Å². The van der Waals surface area contributed by atoms with E-state index in [0.717, 1.165) is 0 Å². The van der Waals surface area contributed by atoms with Gasteiger partial charge in [-0.2, -0.15) is 0 Å². The van der Waals surface area contributed by atoms with Gasteiger partial charge in [-0.1, -0.05) is 11.8 Å². The molecule has 0 unspecified atom stereocenters. The Bertz CT molecular complexity index is 712. The summed E-state index contributed by atoms with van der Waals surface area (Å²) in [5.74, 6) is 4.76. The van der Waals surface area contributed by atoms with Crippen LogP contribution in [0.3, 0.4) is 0 Å². The Morgan fingerprint density at radius 3 is 2.56 bits per heavy atom. The molecule has 1 atom stereocenters. The lowest BCUT2D eigenvalue weighted by molar-refractivity contribution is -0.132. The largest absolute Gasteiger partial charge is 0.490 e. The molecule has 1 aromatic carbocycles. The molecule has 0 aliphatic rings. The van der Waals surface area contributed by atoms with E-state index >= 15 is 0 Å². The maximum Gasteiger partial charge on any atom is 0.267 e. The van der Waals surface area contributed by atoms with E-state index in [2.05, 4.69) is 17.2 Å². The van der Waals surface area contributed by atoms with Crippen LogP contribution < -0.4 is 21.3 Å². The van der Waals surface area contributed by atoms with Gasteiger partial charge in [0.05, 0.1) is 6.61 Å². The van der Waals surface area contributed by atoms with Crippen molar-refractivity contribution >= 4 is 11.8 Å². The molecule has 6 N–H and O–H groups in total. The lowest BCUT2D eigenvalue weighted by Crippen LogP contribution is -2.61. The first-order valence-electron chi connectivity index (χ1n) is 8.30. The summed E-state index contributed by atoms with van der Waals surface area (Å²) in [6.07, 6.45) is 3.79. The number of carbonyl (C=O) groups excluding carboxylic acids is 2. The lowest BCUT2D eigenvalue weighted by atomic mass is 9.95. The number of benzene rings is 1. The number of hydroxylamine groups is 1. The molecule has 8 nitrogen and oxygen atoms in total. The van der Waals surface area contributed by atoms with Gasteiger partial charge in [-0.05, 0) is 50.3 Å². The minimum Gasteiger partial charge on any atom is -0.490 e. The first-order chi connectivity index (χ1) is 12.8. The van der Waals surface area contributed by atoms with Crippen LogP contribution in [0.1, 0.15) is 30.6 Å². The Kier molecular flexibility index (Phi) is 9.02. The fraction of sp³-hybridized carbons (Fsp3) is 0.368. The smallest absolute Gasteiger partial charge is 0.267 e. The Morgan fingerprint density at radius 1 is 1.33 bits per heavy atom. The van der Waals surface area contributed by atoms with Crippen LogP contribution in [0.4, 0.5) is 0 Å². The summed E-state index contributed by atoms with van der Waals surface area (Å²) in [7, 11) is 0. The average Bonchev–Trinajstić information content (AvgIpc) is 2.64. The zero-order valence-electron chi connectivity index (χ0n) is 15.4. The summed E-state index contributed by atoms with van der Waals surface area (Å²) in [6.45, 7) is 3.46. The Balaban J connectivity index is 2.63. The summed E-state index contributed by atoms with van der Waals surface area (Å²) in [5, 5.41) is 19.9. The van der Waals surface area contributed by atoms with Crippen molar-refractivity contribution < 1.29 is 24.6 Å². The number of nitrogens with two attached hydrogens (primary N) is 1. The first kappa shape index (κ1) is 22.2. The normalized spacial score (nSPS) is 12.0. The molecule has 2 amide bonds. The standard InChI is InChI=1S/C19H25N3O5/c1-19(2,20)16(18(25)22-26)21-17(24)14-8-10-15(11-9-14)27-13-7-5-3-4-6-12-23/h5,7-11,16,23,26H,6,12-13,20H2,1-2H3,(H,21,24)(H,22,25)/t16-/m1/s1. The van der Waals surface area contributed by atoms with E-state index in [4.69, 9.17) is 20.8 Å². The average molecular weight is 375 g/mol. The van der Waals surface area contributed by atoms with Crippen LogP contribution in [0.5, 0.6) is 5.75 Å². The fourth-order valence-electron chi connectivity index (χ4n) is 2.01. The molecule has 0 aromatic heterocycles. The number of hydrogen-bond donors (Lipinski definition) is 5. The van der Waals surface area contributed by atoms with Crippen LogP contribution in [-0.4, -0.2) is 46.9 Å². The van der Waals surface area contributed by atoms with E-state index in [1.54, 1.807) is 50.3 Å². The minimum absolute atomic E-state index is 0.0332. The topological polar surface area (TPSA) is 134 Å². The van der Waals surface area contributed by atoms with Crippen molar-refractivity contribution in [2.24, 2.45) is 5.73 Å². The molecule has 0 aliphatic heterocycles. The molecular formula is C19H25N3O5. The molecule has 1 aromatic rings. The number of aliphatic hydroxyl groups excluding tert-OH is 1. The van der Waals surface area contributed by atoms with Gasteiger partial charge in [-0.3, -0.25) is 14.8 Å². The minimum atomic E-state index is -1.11. The SMILES string of the molecule is CC(C)(N)[C@H](NC(=O)c1ccc(OCC=CC#CCCO)cc1)C(=O)NO. The van der Waals surface area contributed by atoms with Gasteiger partial charge in [0.25, 0.3) is 11.8 Å². The molecule has 0 saturated heterocycles. The van der Waals surface area contributed by atoms with E-state index < -0.39 is 23.4 Å². The summed E-state index contributed by atoms with van der Waals surface area (Å²) in [5.41, 5.74) is 6.62. The maximum atomic E-state index is 12.3. The zero-order chi connectivity index (χ0) is 20.3. The molecule has 0 spiro atoms. The van der Waals surface area contributed by atoms with E-state index in [0.29, 0.717) is 24.3 Å². The maximum absolute atomic E-state index is 12.3. The van der Waals surface area contributed by atoms with Crippen molar-refractivity contribution in [1.82, 2.24) is 10.8 Å². The lowest BCUT2D eigenvalue weighted by Gasteiger charge is -2.29. The third kappa shape index (κ3) is 7.92. The van der Waals surface area contributed by atoms with Gasteiger partial charge in [-0.15, -0.1) is 0 Å². The van der Waals surface area contributed by atoms with Gasteiger partial charge in [0.2, 0.25) is 0 Å². The summed E-state index contributed by atoms with van der Waals surface area (Å²) in [6, 6.07) is 5.23. The van der Waals surface area contributed by atoms with Gasteiger partial charge in [0.15, 0.2) is 0 Å². The summed E-state index contributed by atoms with van der Waals surface area (Å²) in [4.78, 5) is 24.0. The molecule has 146 valence electrons. The van der Waals surface area contributed by atoms with Crippen LogP contribution in [0.25, 0.3) is 0 Å². The monoisotopic (exact) mass is 375 g/mol. The van der Waals surface area contributed by atoms with Crippen molar-refractivity contribution in [2.45, 2.75) is 31.8 Å². The molecule has 8 heteroatoms. The molecule has 0 saturated carbocycles. The number of rotatable bonds is 8. The molecule has 27 heavy (non-hydrogen) atoms. The van der Waals surface area contributed by atoms with Crippen molar-refractivity contribution in [3.05, 3.63) is 42.0 Å². The Hall–Kier alpha value is -2.86. The van der Waals surface area contributed by atoms with Crippen LogP contribution in [0.2, 0.25) is 0 Å². The van der Waals surface area contributed by atoms with Crippen LogP contribution in [-0.2, 0) is 4.79 Å². The third-order valence-corrected chi connectivity index (χ3v) is 3.39. The van der Waals surface area contributed by atoms with Crippen LogP contribution in [0.15, 0.2) is 36.4 Å². The molecule has 0 fully saturated rings. The molecule has 1 rings (SSSR count). The predicted molar refractivity (Wildman–Crippen MR) is 100 cm³/mol. The molecule has 0 aliphatic carbocycles. The highest BCUT2D eigenvalue weighted by atomic mass is 16.5. The second-order valence-corrected chi connectivity index (χ2v) is 6.24. The highest BCUT2D eigenvalue weighted by molar-refractivity contribution is 5.97. The third-order valence-electron chi connectivity index (χ3n) is 3.39. The Labute approximate surface area is 158 Å². The van der Waals surface area contributed by atoms with E-state index in [1.807, 2.05) is 0 Å². The van der Waals surface area contributed by atoms with Crippen molar-refractivity contribution in [2.75, 3.05) is 13.2 Å². The fourth-order valence-corrected chi connectivity index (χ4v) is 2.01. The number of allylic oxidation sites excluding steroid dienone is 1. The van der Waals surface area contributed by atoms with E-state index in [-0.39, 0.29) is 6.61 Å². The van der Waals surface area contributed by atoms with E-state index in [1.165, 1.54) is 5.48 Å². The molecular weight excluding hydrogens is 350 g/mol. The number of nitrogens with one attached hydrogen (secondary N) is 2. The van der Waals surface area contributed by atoms with Gasteiger partial charge in [0, 0.05) is 17.5 Å². The highest BCUT2D eigenvalue weighted by Gasteiger charge is 2.33. The summed E-state index contributed by atoms with van der Waals surface area (Å²) >= 11 is 0. The predicted octanol–water partition coefficient (Wildman–Crippen LogP) is 0.349. The van der Waals surface area contributed by atoms with Gasteiger partial charge in [-0.25, -0.2) is 5.48 Å². The van der Waals surface area contributed by atoms with Gasteiger partial charge >= 0.3 is 0 Å². The van der Waals surface area contributed by atoms with E-state index in [9.17, 15) is 9.59 Å². The molecule has 0 bridgehead atoms. The molecule has 0 radical (unpaired) electrons. The van der Waals surface area contributed by atoms with Crippen LogP contribution >= 0.6 is 0 Å². The van der Waals surface area contributed by atoms with Crippen molar-refractivity contribution in [3.8, 4) is 17.6 Å². The number of carbonyl (C=O) groups is 2. The molecule has 0 heterocycles. The second-order valence-electron chi connectivity index (χ2n) is 6.24.